The van der Waals surface area contributed by atoms with Gasteiger partial charge in [-0.2, -0.15) is 0 Å². The minimum absolute atomic E-state index is 0.0177. The summed E-state index contributed by atoms with van der Waals surface area (Å²) in [6.45, 7) is 3.30. The van der Waals surface area contributed by atoms with Gasteiger partial charge < -0.3 is 20.3 Å². The molecule has 0 fully saturated rings. The minimum atomic E-state index is -0.301. The standard InChI is InChI=1S/C14H20FNO3/c1-9(11(7-16)8-17)4-10-5-13-14(6-12(10)15)19-3-2-18-13/h5-6,9,11,17H,2-4,7-8,16H2,1H3. The lowest BCUT2D eigenvalue weighted by Gasteiger charge is -2.23. The van der Waals surface area contributed by atoms with Gasteiger partial charge in [-0.05, 0) is 36.4 Å². The molecule has 1 heterocycles. The second-order valence-corrected chi connectivity index (χ2v) is 4.95. The van der Waals surface area contributed by atoms with E-state index in [4.69, 9.17) is 15.2 Å². The molecule has 1 aromatic rings. The van der Waals surface area contributed by atoms with Crippen LogP contribution in [0.5, 0.6) is 11.5 Å². The molecule has 1 aromatic carbocycles. The molecule has 1 aliphatic heterocycles. The van der Waals surface area contributed by atoms with E-state index in [9.17, 15) is 9.50 Å². The fourth-order valence-electron chi connectivity index (χ4n) is 2.26. The molecule has 4 nitrogen and oxygen atoms in total. The lowest BCUT2D eigenvalue weighted by Crippen LogP contribution is -2.26. The monoisotopic (exact) mass is 269 g/mol. The Balaban J connectivity index is 2.16. The Morgan fingerprint density at radius 2 is 1.95 bits per heavy atom. The summed E-state index contributed by atoms with van der Waals surface area (Å²) in [6, 6.07) is 3.05. The van der Waals surface area contributed by atoms with Crippen molar-refractivity contribution in [1.29, 1.82) is 0 Å². The highest BCUT2D eigenvalue weighted by Crippen LogP contribution is 2.33. The van der Waals surface area contributed by atoms with Crippen molar-refractivity contribution in [2.45, 2.75) is 13.3 Å². The Hall–Kier alpha value is -1.33. The summed E-state index contributed by atoms with van der Waals surface area (Å²) in [7, 11) is 0. The van der Waals surface area contributed by atoms with E-state index in [-0.39, 0.29) is 24.3 Å². The van der Waals surface area contributed by atoms with Crippen LogP contribution in [-0.2, 0) is 6.42 Å². The van der Waals surface area contributed by atoms with Gasteiger partial charge in [0, 0.05) is 12.7 Å². The van der Waals surface area contributed by atoms with Gasteiger partial charge in [-0.25, -0.2) is 4.39 Å². The Bertz CT molecular complexity index is 435. The number of ether oxygens (including phenoxy) is 2. The highest BCUT2D eigenvalue weighted by atomic mass is 19.1. The largest absolute Gasteiger partial charge is 0.486 e. The fourth-order valence-corrected chi connectivity index (χ4v) is 2.26. The average Bonchev–Trinajstić information content (AvgIpc) is 2.41. The van der Waals surface area contributed by atoms with Crippen LogP contribution in [0.4, 0.5) is 4.39 Å². The predicted octanol–water partition coefficient (Wildman–Crippen LogP) is 1.34. The third kappa shape index (κ3) is 3.16. The van der Waals surface area contributed by atoms with E-state index in [1.54, 1.807) is 6.07 Å². The number of hydrogen-bond donors (Lipinski definition) is 2. The van der Waals surface area contributed by atoms with E-state index in [0.29, 0.717) is 43.2 Å². The molecular weight excluding hydrogens is 249 g/mol. The minimum Gasteiger partial charge on any atom is -0.486 e. The molecule has 2 atom stereocenters. The average molecular weight is 269 g/mol. The molecule has 0 bridgehead atoms. The van der Waals surface area contributed by atoms with Gasteiger partial charge in [-0.1, -0.05) is 6.92 Å². The lowest BCUT2D eigenvalue weighted by atomic mass is 9.88. The number of halogens is 1. The number of aliphatic hydroxyl groups is 1. The smallest absolute Gasteiger partial charge is 0.164 e. The molecule has 2 rings (SSSR count). The maximum atomic E-state index is 14.0. The maximum Gasteiger partial charge on any atom is 0.164 e. The van der Waals surface area contributed by atoms with Crippen molar-refractivity contribution >= 4 is 0 Å². The van der Waals surface area contributed by atoms with Crippen LogP contribution >= 0.6 is 0 Å². The van der Waals surface area contributed by atoms with Gasteiger partial charge in [0.05, 0.1) is 0 Å². The molecule has 0 aromatic heterocycles. The highest BCUT2D eigenvalue weighted by molar-refractivity contribution is 5.44. The SMILES string of the molecule is CC(Cc1cc2c(cc1F)OCCO2)C(CN)CO. The third-order valence-electron chi connectivity index (χ3n) is 3.60. The van der Waals surface area contributed by atoms with Gasteiger partial charge in [0.2, 0.25) is 0 Å². The molecule has 106 valence electrons. The number of hydrogen-bond acceptors (Lipinski definition) is 4. The van der Waals surface area contributed by atoms with Gasteiger partial charge in [-0.3, -0.25) is 0 Å². The summed E-state index contributed by atoms with van der Waals surface area (Å²) < 4.78 is 24.8. The summed E-state index contributed by atoms with van der Waals surface area (Å²) in [6.07, 6.45) is 0.519. The molecule has 1 aliphatic rings. The van der Waals surface area contributed by atoms with Crippen molar-refractivity contribution in [1.82, 2.24) is 0 Å². The van der Waals surface area contributed by atoms with Gasteiger partial charge >= 0.3 is 0 Å². The number of rotatable bonds is 5. The zero-order valence-electron chi connectivity index (χ0n) is 11.1. The first-order valence-electron chi connectivity index (χ1n) is 6.54. The molecule has 2 unspecified atom stereocenters. The van der Waals surface area contributed by atoms with E-state index in [1.807, 2.05) is 6.92 Å². The van der Waals surface area contributed by atoms with Crippen LogP contribution in [0.25, 0.3) is 0 Å². The Labute approximate surface area is 112 Å². The fraction of sp³-hybridized carbons (Fsp3) is 0.571. The zero-order chi connectivity index (χ0) is 13.8. The van der Waals surface area contributed by atoms with E-state index >= 15 is 0 Å². The Morgan fingerprint density at radius 1 is 1.32 bits per heavy atom. The summed E-state index contributed by atoms with van der Waals surface area (Å²) in [5, 5.41) is 9.22. The first kappa shape index (κ1) is 14.1. The van der Waals surface area contributed by atoms with Crippen LogP contribution in [0.15, 0.2) is 12.1 Å². The Morgan fingerprint density at radius 3 is 2.53 bits per heavy atom. The van der Waals surface area contributed by atoms with E-state index in [0.717, 1.165) is 0 Å². The molecule has 0 radical (unpaired) electrons. The van der Waals surface area contributed by atoms with Crippen molar-refractivity contribution in [3.05, 3.63) is 23.5 Å². The number of nitrogens with two attached hydrogens (primary N) is 1. The van der Waals surface area contributed by atoms with E-state index < -0.39 is 0 Å². The van der Waals surface area contributed by atoms with Crippen LogP contribution < -0.4 is 15.2 Å². The molecule has 0 aliphatic carbocycles. The van der Waals surface area contributed by atoms with Crippen LogP contribution in [0.1, 0.15) is 12.5 Å². The highest BCUT2D eigenvalue weighted by Gasteiger charge is 2.20. The number of benzene rings is 1. The van der Waals surface area contributed by atoms with Crippen molar-refractivity contribution in [3.8, 4) is 11.5 Å². The van der Waals surface area contributed by atoms with Crippen molar-refractivity contribution in [2.24, 2.45) is 17.6 Å². The molecule has 5 heteroatoms. The molecular formula is C14H20FNO3. The second kappa shape index (κ2) is 6.21. The van der Waals surface area contributed by atoms with Crippen LogP contribution in [0, 0.1) is 17.7 Å². The molecule has 0 spiro atoms. The summed E-state index contributed by atoms with van der Waals surface area (Å²) in [4.78, 5) is 0. The first-order chi connectivity index (χ1) is 9.15. The van der Waals surface area contributed by atoms with Crippen molar-refractivity contribution in [3.63, 3.8) is 0 Å². The van der Waals surface area contributed by atoms with Crippen molar-refractivity contribution in [2.75, 3.05) is 26.4 Å². The Kier molecular flexibility index (Phi) is 4.61. The number of fused-ring (bicyclic) bond motifs is 1. The quantitative estimate of drug-likeness (QED) is 0.846. The van der Waals surface area contributed by atoms with Gasteiger partial charge in [0.25, 0.3) is 0 Å². The van der Waals surface area contributed by atoms with Crippen LogP contribution in [0.2, 0.25) is 0 Å². The molecule has 19 heavy (non-hydrogen) atoms. The topological polar surface area (TPSA) is 64.7 Å². The number of aliphatic hydroxyl groups excluding tert-OH is 1. The lowest BCUT2D eigenvalue weighted by molar-refractivity contribution is 0.169. The molecule has 0 amide bonds. The van der Waals surface area contributed by atoms with Crippen LogP contribution in [0.3, 0.4) is 0 Å². The molecule has 0 saturated heterocycles. The van der Waals surface area contributed by atoms with E-state index in [1.165, 1.54) is 6.07 Å². The van der Waals surface area contributed by atoms with Gasteiger partial charge in [-0.15, -0.1) is 0 Å². The summed E-state index contributed by atoms with van der Waals surface area (Å²) in [5.74, 6) is 0.824. The van der Waals surface area contributed by atoms with Crippen molar-refractivity contribution < 1.29 is 19.0 Å². The second-order valence-electron chi connectivity index (χ2n) is 4.95. The third-order valence-corrected chi connectivity index (χ3v) is 3.60. The molecule has 3 N–H and O–H groups in total. The maximum absolute atomic E-state index is 14.0. The normalized spacial score (nSPS) is 17.1. The first-order valence-corrected chi connectivity index (χ1v) is 6.54. The zero-order valence-corrected chi connectivity index (χ0v) is 11.1. The summed E-state index contributed by atoms with van der Waals surface area (Å²) >= 11 is 0. The molecule has 0 saturated carbocycles. The predicted molar refractivity (Wildman–Crippen MR) is 69.9 cm³/mol. The van der Waals surface area contributed by atoms with E-state index in [2.05, 4.69) is 0 Å². The van der Waals surface area contributed by atoms with Gasteiger partial charge in [0.15, 0.2) is 11.5 Å². The van der Waals surface area contributed by atoms with Gasteiger partial charge in [0.1, 0.15) is 19.0 Å². The van der Waals surface area contributed by atoms with Crippen LogP contribution in [-0.4, -0.2) is 31.5 Å². The summed E-state index contributed by atoms with van der Waals surface area (Å²) in [5.41, 5.74) is 6.16.